The monoisotopic (exact) mass is 462 g/mol. The topological polar surface area (TPSA) is 111 Å². The number of furan rings is 1. The number of nitrogens with zero attached hydrogens (tertiary/aromatic N) is 1. The number of sulfonamides is 2. The van der Waals surface area contributed by atoms with Crippen molar-refractivity contribution in [2.24, 2.45) is 5.14 Å². The predicted octanol–water partition coefficient (Wildman–Crippen LogP) is 3.62. The van der Waals surface area contributed by atoms with Gasteiger partial charge in [0.1, 0.15) is 5.76 Å². The van der Waals surface area contributed by atoms with Gasteiger partial charge in [-0.2, -0.15) is 4.31 Å². The number of nitrogens with two attached hydrogens (primary N) is 1. The van der Waals surface area contributed by atoms with Crippen molar-refractivity contribution in [2.75, 3.05) is 0 Å². The van der Waals surface area contributed by atoms with E-state index in [9.17, 15) is 16.8 Å². The lowest BCUT2D eigenvalue weighted by Gasteiger charge is -2.23. The molecule has 0 atom stereocenters. The molecule has 31 heavy (non-hydrogen) atoms. The third-order valence-electron chi connectivity index (χ3n) is 4.88. The van der Waals surface area contributed by atoms with Gasteiger partial charge in [0.25, 0.3) is 0 Å². The summed E-state index contributed by atoms with van der Waals surface area (Å²) < 4.78 is 56.3. The van der Waals surface area contributed by atoms with Crippen LogP contribution in [0.1, 0.15) is 37.7 Å². The number of primary sulfonamides is 1. The van der Waals surface area contributed by atoms with E-state index in [1.165, 1.54) is 34.8 Å². The van der Waals surface area contributed by atoms with Crippen LogP contribution >= 0.6 is 0 Å². The second-order valence-electron chi connectivity index (χ2n) is 8.32. The summed E-state index contributed by atoms with van der Waals surface area (Å²) >= 11 is 0. The summed E-state index contributed by atoms with van der Waals surface area (Å²) in [7, 11) is -7.85. The van der Waals surface area contributed by atoms with Gasteiger partial charge in [-0.1, -0.05) is 45.0 Å². The zero-order chi connectivity index (χ0) is 22.9. The molecular weight excluding hydrogens is 436 g/mol. The average molecular weight is 463 g/mol. The summed E-state index contributed by atoms with van der Waals surface area (Å²) in [6, 6.07) is 16.1. The van der Waals surface area contributed by atoms with Crippen LogP contribution in [0.3, 0.4) is 0 Å². The van der Waals surface area contributed by atoms with Crippen LogP contribution in [0.15, 0.2) is 81.1 Å². The van der Waals surface area contributed by atoms with Gasteiger partial charge in [0.05, 0.1) is 22.6 Å². The molecule has 3 rings (SSSR count). The zero-order valence-electron chi connectivity index (χ0n) is 17.6. The Hall–Kier alpha value is -2.46. The molecule has 0 bridgehead atoms. The molecule has 2 aromatic carbocycles. The number of rotatable bonds is 7. The smallest absolute Gasteiger partial charge is 0.243 e. The zero-order valence-corrected chi connectivity index (χ0v) is 19.3. The van der Waals surface area contributed by atoms with Crippen LogP contribution < -0.4 is 5.14 Å². The Morgan fingerprint density at radius 2 is 1.42 bits per heavy atom. The van der Waals surface area contributed by atoms with E-state index in [0.717, 1.165) is 11.1 Å². The van der Waals surface area contributed by atoms with E-state index in [0.29, 0.717) is 5.76 Å². The van der Waals surface area contributed by atoms with Crippen molar-refractivity contribution >= 4 is 20.0 Å². The highest BCUT2D eigenvalue weighted by atomic mass is 32.2. The van der Waals surface area contributed by atoms with Crippen LogP contribution in [0.4, 0.5) is 0 Å². The van der Waals surface area contributed by atoms with Crippen LogP contribution in [-0.2, 0) is 38.6 Å². The molecule has 0 fully saturated rings. The second kappa shape index (κ2) is 8.58. The van der Waals surface area contributed by atoms with Crippen molar-refractivity contribution in [1.82, 2.24) is 4.31 Å². The van der Waals surface area contributed by atoms with Gasteiger partial charge in [-0.15, -0.1) is 0 Å². The maximum atomic E-state index is 13.4. The molecular formula is C22H26N2O5S2. The van der Waals surface area contributed by atoms with E-state index < -0.39 is 20.0 Å². The van der Waals surface area contributed by atoms with Crippen LogP contribution in [0, 0.1) is 0 Å². The SMILES string of the molecule is CC(C)(C)c1ccc(CN(Cc2ccco2)S(=O)(=O)c2ccc(S(N)(=O)=O)cc2)cc1. The molecule has 0 saturated heterocycles. The summed E-state index contributed by atoms with van der Waals surface area (Å²) in [5, 5.41) is 5.11. The Labute approximate surface area is 183 Å². The minimum absolute atomic E-state index is 0.0104. The third kappa shape index (κ3) is 5.62. The van der Waals surface area contributed by atoms with Crippen molar-refractivity contribution in [3.8, 4) is 0 Å². The summed E-state index contributed by atoms with van der Waals surface area (Å²) in [4.78, 5) is -0.181. The van der Waals surface area contributed by atoms with Gasteiger partial charge in [0.2, 0.25) is 20.0 Å². The van der Waals surface area contributed by atoms with Crippen LogP contribution in [-0.4, -0.2) is 21.1 Å². The summed E-state index contributed by atoms with van der Waals surface area (Å²) in [5.74, 6) is 0.496. The molecule has 1 aromatic heterocycles. The summed E-state index contributed by atoms with van der Waals surface area (Å²) in [5.41, 5.74) is 1.96. The molecule has 0 radical (unpaired) electrons. The second-order valence-corrected chi connectivity index (χ2v) is 11.8. The fraction of sp³-hybridized carbons (Fsp3) is 0.273. The Kier molecular flexibility index (Phi) is 6.43. The van der Waals surface area contributed by atoms with Crippen molar-refractivity contribution in [2.45, 2.75) is 49.1 Å². The molecule has 0 unspecified atom stereocenters. The minimum atomic E-state index is -3.94. The fourth-order valence-electron chi connectivity index (χ4n) is 3.07. The number of hydrogen-bond acceptors (Lipinski definition) is 5. The molecule has 0 saturated carbocycles. The molecule has 9 heteroatoms. The van der Waals surface area contributed by atoms with Crippen molar-refractivity contribution in [1.29, 1.82) is 0 Å². The first-order chi connectivity index (χ1) is 14.4. The normalized spacial score (nSPS) is 12.9. The first-order valence-corrected chi connectivity index (χ1v) is 12.6. The Bertz CT molecular complexity index is 1220. The quantitative estimate of drug-likeness (QED) is 0.577. The molecule has 0 amide bonds. The lowest BCUT2D eigenvalue weighted by atomic mass is 9.87. The molecule has 0 spiro atoms. The van der Waals surface area contributed by atoms with E-state index >= 15 is 0 Å². The first-order valence-electron chi connectivity index (χ1n) is 9.62. The van der Waals surface area contributed by atoms with Crippen molar-refractivity contribution < 1.29 is 21.3 Å². The average Bonchev–Trinajstić information content (AvgIpc) is 3.20. The van der Waals surface area contributed by atoms with Crippen molar-refractivity contribution in [3.63, 3.8) is 0 Å². The van der Waals surface area contributed by atoms with Gasteiger partial charge >= 0.3 is 0 Å². The van der Waals surface area contributed by atoms with Gasteiger partial charge in [0.15, 0.2) is 0 Å². The Morgan fingerprint density at radius 1 is 0.839 bits per heavy atom. The van der Waals surface area contributed by atoms with Crippen LogP contribution in [0.25, 0.3) is 0 Å². The van der Waals surface area contributed by atoms with E-state index in [1.807, 2.05) is 24.3 Å². The number of benzene rings is 2. The van der Waals surface area contributed by atoms with E-state index in [1.54, 1.807) is 12.1 Å². The molecule has 3 aromatic rings. The molecule has 0 aliphatic rings. The van der Waals surface area contributed by atoms with Crippen LogP contribution in [0.2, 0.25) is 0 Å². The standard InChI is InChI=1S/C22H26N2O5S2/c1-22(2,3)18-8-6-17(7-9-18)15-24(16-19-5-4-14-29-19)31(27,28)21-12-10-20(11-13-21)30(23,25)26/h4-14H,15-16H2,1-3H3,(H2,23,25,26). The van der Waals surface area contributed by atoms with Gasteiger partial charge < -0.3 is 4.42 Å². The lowest BCUT2D eigenvalue weighted by molar-refractivity contribution is 0.358. The lowest BCUT2D eigenvalue weighted by Crippen LogP contribution is -2.30. The van der Waals surface area contributed by atoms with Crippen molar-refractivity contribution in [3.05, 3.63) is 83.8 Å². The van der Waals surface area contributed by atoms with E-state index in [2.05, 4.69) is 20.8 Å². The molecule has 1 heterocycles. The van der Waals surface area contributed by atoms with Gasteiger partial charge in [-0.3, -0.25) is 0 Å². The maximum absolute atomic E-state index is 13.4. The molecule has 166 valence electrons. The van der Waals surface area contributed by atoms with Gasteiger partial charge in [-0.05, 0) is 52.9 Å². The highest BCUT2D eigenvalue weighted by Crippen LogP contribution is 2.25. The highest BCUT2D eigenvalue weighted by molar-refractivity contribution is 7.89. The molecule has 0 aliphatic carbocycles. The summed E-state index contributed by atoms with van der Waals surface area (Å²) in [6.45, 7) is 6.50. The molecule has 7 nitrogen and oxygen atoms in total. The Balaban J connectivity index is 1.94. The predicted molar refractivity (Wildman–Crippen MR) is 118 cm³/mol. The highest BCUT2D eigenvalue weighted by Gasteiger charge is 2.26. The van der Waals surface area contributed by atoms with Crippen LogP contribution in [0.5, 0.6) is 0 Å². The molecule has 0 aliphatic heterocycles. The Morgan fingerprint density at radius 3 is 1.90 bits per heavy atom. The van der Waals surface area contributed by atoms with E-state index in [-0.39, 0.29) is 28.3 Å². The third-order valence-corrected chi connectivity index (χ3v) is 7.62. The maximum Gasteiger partial charge on any atom is 0.243 e. The number of hydrogen-bond donors (Lipinski definition) is 1. The van der Waals surface area contributed by atoms with Gasteiger partial charge in [-0.25, -0.2) is 22.0 Å². The summed E-state index contributed by atoms with van der Waals surface area (Å²) in [6.07, 6.45) is 1.49. The largest absolute Gasteiger partial charge is 0.468 e. The molecule has 2 N–H and O–H groups in total. The fourth-order valence-corrected chi connectivity index (χ4v) is 4.98. The van der Waals surface area contributed by atoms with Gasteiger partial charge in [0, 0.05) is 6.54 Å². The first kappa shape index (κ1) is 23.2. The van der Waals surface area contributed by atoms with E-state index in [4.69, 9.17) is 9.56 Å². The minimum Gasteiger partial charge on any atom is -0.468 e.